The zero-order chi connectivity index (χ0) is 29.5. The molecule has 1 atom stereocenters. The number of fused-ring (bicyclic) bond motifs is 1. The minimum atomic E-state index is -0.785. The van der Waals surface area contributed by atoms with E-state index < -0.39 is 18.0 Å². The van der Waals surface area contributed by atoms with Crippen molar-refractivity contribution >= 4 is 45.9 Å². The van der Waals surface area contributed by atoms with Crippen LogP contribution in [0.25, 0.3) is 16.5 Å². The van der Waals surface area contributed by atoms with Gasteiger partial charge in [-0.05, 0) is 48.1 Å². The van der Waals surface area contributed by atoms with Gasteiger partial charge in [-0.1, -0.05) is 92.2 Å². The second-order valence-corrected chi connectivity index (χ2v) is 9.97. The lowest BCUT2D eigenvalue weighted by molar-refractivity contribution is -0.138. The van der Waals surface area contributed by atoms with Crippen LogP contribution in [-0.4, -0.2) is 36.1 Å². The zero-order valence-corrected chi connectivity index (χ0v) is 23.7. The maximum absolute atomic E-state index is 13.5. The second kappa shape index (κ2) is 13.0. The van der Waals surface area contributed by atoms with Crippen molar-refractivity contribution in [1.82, 2.24) is 10.2 Å². The first-order valence-corrected chi connectivity index (χ1v) is 14.2. The SMILES string of the molecule is CCCCN1C(=O)N[C@@H](c2cccc(NC(=O)Nc3cccc4ccccc34)c2)C(C(=O)OCC)=C1c1ccccc1. The molecule has 3 N–H and O–H groups in total. The lowest BCUT2D eigenvalue weighted by Crippen LogP contribution is -2.48. The molecule has 1 aliphatic rings. The number of anilines is 2. The number of rotatable bonds is 9. The van der Waals surface area contributed by atoms with E-state index in [0.717, 1.165) is 29.2 Å². The predicted octanol–water partition coefficient (Wildman–Crippen LogP) is 7.32. The monoisotopic (exact) mass is 562 g/mol. The highest BCUT2D eigenvalue weighted by Gasteiger charge is 2.38. The first kappa shape index (κ1) is 28.4. The Kier molecular flexibility index (Phi) is 8.82. The average Bonchev–Trinajstić information content (AvgIpc) is 3.00. The van der Waals surface area contributed by atoms with Crippen LogP contribution in [0.2, 0.25) is 0 Å². The molecule has 5 rings (SSSR count). The van der Waals surface area contributed by atoms with E-state index in [-0.39, 0.29) is 12.6 Å². The van der Waals surface area contributed by atoms with Crippen LogP contribution in [-0.2, 0) is 9.53 Å². The van der Waals surface area contributed by atoms with Crippen molar-refractivity contribution in [3.8, 4) is 0 Å². The number of hydrogen-bond donors (Lipinski definition) is 3. The summed E-state index contributed by atoms with van der Waals surface area (Å²) in [5.74, 6) is -0.505. The summed E-state index contributed by atoms with van der Waals surface area (Å²) >= 11 is 0. The number of ether oxygens (including phenoxy) is 1. The summed E-state index contributed by atoms with van der Waals surface area (Å²) in [6.45, 7) is 4.46. The summed E-state index contributed by atoms with van der Waals surface area (Å²) in [7, 11) is 0. The summed E-state index contributed by atoms with van der Waals surface area (Å²) in [4.78, 5) is 41.7. The van der Waals surface area contributed by atoms with E-state index in [0.29, 0.717) is 34.8 Å². The zero-order valence-electron chi connectivity index (χ0n) is 23.7. The van der Waals surface area contributed by atoms with E-state index in [9.17, 15) is 14.4 Å². The normalized spacial score (nSPS) is 14.9. The van der Waals surface area contributed by atoms with Crippen LogP contribution >= 0.6 is 0 Å². The van der Waals surface area contributed by atoms with Gasteiger partial charge in [-0.15, -0.1) is 0 Å². The number of amides is 4. The average molecular weight is 563 g/mol. The topological polar surface area (TPSA) is 99.8 Å². The number of esters is 1. The van der Waals surface area contributed by atoms with Crippen molar-refractivity contribution in [2.45, 2.75) is 32.7 Å². The molecule has 4 aromatic carbocycles. The Labute approximate surface area is 245 Å². The van der Waals surface area contributed by atoms with E-state index in [2.05, 4.69) is 22.9 Å². The predicted molar refractivity (Wildman–Crippen MR) is 166 cm³/mol. The van der Waals surface area contributed by atoms with Crippen LogP contribution in [0.4, 0.5) is 21.0 Å². The minimum Gasteiger partial charge on any atom is -0.463 e. The Morgan fingerprint density at radius 2 is 1.62 bits per heavy atom. The van der Waals surface area contributed by atoms with Crippen LogP contribution in [0.15, 0.2) is 103 Å². The van der Waals surface area contributed by atoms with Gasteiger partial charge in [0.05, 0.1) is 29.6 Å². The third kappa shape index (κ3) is 6.12. The van der Waals surface area contributed by atoms with Crippen molar-refractivity contribution in [2.75, 3.05) is 23.8 Å². The van der Waals surface area contributed by atoms with Gasteiger partial charge in [0, 0.05) is 17.6 Å². The van der Waals surface area contributed by atoms with Gasteiger partial charge < -0.3 is 20.7 Å². The Morgan fingerprint density at radius 3 is 2.40 bits per heavy atom. The summed E-state index contributed by atoms with van der Waals surface area (Å²) in [6, 6.07) is 28.6. The van der Waals surface area contributed by atoms with Crippen molar-refractivity contribution in [1.29, 1.82) is 0 Å². The number of nitrogens with zero attached hydrogens (tertiary/aromatic N) is 1. The van der Waals surface area contributed by atoms with Crippen molar-refractivity contribution in [2.24, 2.45) is 0 Å². The highest BCUT2D eigenvalue weighted by Crippen LogP contribution is 2.37. The standard InChI is InChI=1S/C34H34N4O4/c1-3-5-21-38-31(24-14-7-6-8-15-24)29(32(39)42-4-2)30(37-34(38)41)25-17-11-18-26(22-25)35-33(40)36-28-20-12-16-23-13-9-10-19-27(23)28/h6-20,22,30H,3-5,21H2,1-2H3,(H,37,41)(H2,35,36,40)/t30-/m0/s1. The Hall–Kier alpha value is -5.11. The molecule has 8 heteroatoms. The third-order valence-electron chi connectivity index (χ3n) is 7.12. The molecule has 0 radical (unpaired) electrons. The van der Waals surface area contributed by atoms with Crippen LogP contribution < -0.4 is 16.0 Å². The van der Waals surface area contributed by atoms with E-state index in [1.165, 1.54) is 0 Å². The molecular formula is C34H34N4O4. The fourth-order valence-electron chi connectivity index (χ4n) is 5.18. The third-order valence-corrected chi connectivity index (χ3v) is 7.12. The van der Waals surface area contributed by atoms with Crippen LogP contribution in [0.5, 0.6) is 0 Å². The summed E-state index contributed by atoms with van der Waals surface area (Å²) in [5, 5.41) is 10.8. The maximum Gasteiger partial charge on any atom is 0.338 e. The molecule has 1 aliphatic heterocycles. The molecule has 214 valence electrons. The maximum atomic E-state index is 13.5. The van der Waals surface area contributed by atoms with Gasteiger partial charge in [0.15, 0.2) is 0 Å². The summed E-state index contributed by atoms with van der Waals surface area (Å²) in [5.41, 5.74) is 3.46. The van der Waals surface area contributed by atoms with E-state index in [4.69, 9.17) is 4.74 Å². The van der Waals surface area contributed by atoms with Gasteiger partial charge in [0.25, 0.3) is 0 Å². The first-order chi connectivity index (χ1) is 20.5. The lowest BCUT2D eigenvalue weighted by atomic mass is 9.91. The van der Waals surface area contributed by atoms with Crippen molar-refractivity contribution in [3.63, 3.8) is 0 Å². The van der Waals surface area contributed by atoms with Crippen LogP contribution in [0.3, 0.4) is 0 Å². The highest BCUT2D eigenvalue weighted by atomic mass is 16.5. The van der Waals surface area contributed by atoms with E-state index in [1.54, 1.807) is 30.0 Å². The smallest absolute Gasteiger partial charge is 0.338 e. The van der Waals surface area contributed by atoms with Crippen molar-refractivity contribution < 1.29 is 19.1 Å². The van der Waals surface area contributed by atoms with Gasteiger partial charge >= 0.3 is 18.0 Å². The van der Waals surface area contributed by atoms with Crippen molar-refractivity contribution in [3.05, 3.63) is 114 Å². The highest BCUT2D eigenvalue weighted by molar-refractivity contribution is 6.07. The van der Waals surface area contributed by atoms with Crippen LogP contribution in [0, 0.1) is 0 Å². The van der Waals surface area contributed by atoms with Gasteiger partial charge in [-0.25, -0.2) is 14.4 Å². The van der Waals surface area contributed by atoms with Gasteiger partial charge in [-0.3, -0.25) is 4.90 Å². The Morgan fingerprint density at radius 1 is 0.881 bits per heavy atom. The van der Waals surface area contributed by atoms with Gasteiger partial charge in [0.1, 0.15) is 0 Å². The van der Waals surface area contributed by atoms with Gasteiger partial charge in [-0.2, -0.15) is 0 Å². The molecule has 0 fully saturated rings. The quantitative estimate of drug-likeness (QED) is 0.186. The van der Waals surface area contributed by atoms with E-state index in [1.807, 2.05) is 78.9 Å². The second-order valence-electron chi connectivity index (χ2n) is 9.97. The molecule has 0 saturated carbocycles. The summed E-state index contributed by atoms with van der Waals surface area (Å²) < 4.78 is 5.51. The molecule has 0 saturated heterocycles. The number of hydrogen-bond acceptors (Lipinski definition) is 4. The molecule has 1 heterocycles. The minimum absolute atomic E-state index is 0.190. The summed E-state index contributed by atoms with van der Waals surface area (Å²) in [6.07, 6.45) is 1.66. The lowest BCUT2D eigenvalue weighted by Gasteiger charge is -2.37. The number of benzene rings is 4. The number of urea groups is 2. The number of nitrogens with one attached hydrogen (secondary N) is 3. The number of carbonyl (C=O) groups is 3. The molecule has 0 aromatic heterocycles. The molecular weight excluding hydrogens is 528 g/mol. The first-order valence-electron chi connectivity index (χ1n) is 14.2. The Bertz CT molecular complexity index is 1630. The molecule has 0 bridgehead atoms. The van der Waals surface area contributed by atoms with Gasteiger partial charge in [0.2, 0.25) is 0 Å². The fourth-order valence-corrected chi connectivity index (χ4v) is 5.18. The molecule has 42 heavy (non-hydrogen) atoms. The van der Waals surface area contributed by atoms with Crippen LogP contribution in [0.1, 0.15) is 43.9 Å². The molecule has 0 spiro atoms. The Balaban J connectivity index is 1.50. The van der Waals surface area contributed by atoms with E-state index >= 15 is 0 Å². The molecule has 0 unspecified atom stereocenters. The molecule has 0 aliphatic carbocycles. The number of unbranched alkanes of at least 4 members (excludes halogenated alkanes) is 1. The fraction of sp³-hybridized carbons (Fsp3) is 0.206. The largest absolute Gasteiger partial charge is 0.463 e. The number of carbonyl (C=O) groups excluding carboxylic acids is 3. The molecule has 4 aromatic rings. The molecule has 8 nitrogen and oxygen atoms in total. The molecule has 4 amide bonds.